The van der Waals surface area contributed by atoms with Gasteiger partial charge < -0.3 is 24.4 Å². The summed E-state index contributed by atoms with van der Waals surface area (Å²) in [4.78, 5) is 19.5. The van der Waals surface area contributed by atoms with Crippen LogP contribution in [0, 0.1) is 6.92 Å². The SMILES string of the molecule is Cc1ccc(CNC(=O)COc2cccc3ccc(N4CCC5(CC4)OCCO5)nc23)cc1. The summed E-state index contributed by atoms with van der Waals surface area (Å²) in [6.45, 7) is 5.45. The minimum atomic E-state index is -0.409. The fraction of sp³-hybridized carbons (Fsp3) is 0.385. The number of aryl methyl sites for hydroxylation is 1. The molecule has 1 spiro atoms. The average molecular weight is 448 g/mol. The van der Waals surface area contributed by atoms with Gasteiger partial charge in [0.2, 0.25) is 0 Å². The predicted octanol–water partition coefficient (Wildman–Crippen LogP) is 3.58. The van der Waals surface area contributed by atoms with Crippen molar-refractivity contribution in [2.45, 2.75) is 32.1 Å². The summed E-state index contributed by atoms with van der Waals surface area (Å²) >= 11 is 0. The number of pyridine rings is 1. The van der Waals surface area contributed by atoms with Crippen LogP contribution >= 0.6 is 0 Å². The molecule has 3 aromatic rings. The van der Waals surface area contributed by atoms with Crippen LogP contribution in [0.5, 0.6) is 5.75 Å². The topological polar surface area (TPSA) is 72.9 Å². The third-order valence-corrected chi connectivity index (χ3v) is 6.30. The van der Waals surface area contributed by atoms with Gasteiger partial charge in [-0.2, -0.15) is 0 Å². The maximum atomic E-state index is 12.3. The molecule has 7 nitrogen and oxygen atoms in total. The summed E-state index contributed by atoms with van der Waals surface area (Å²) in [6, 6.07) is 18.0. The largest absolute Gasteiger partial charge is 0.481 e. The van der Waals surface area contributed by atoms with Gasteiger partial charge in [0.25, 0.3) is 5.91 Å². The van der Waals surface area contributed by atoms with Gasteiger partial charge >= 0.3 is 0 Å². The molecule has 2 aromatic carbocycles. The number of hydrogen-bond acceptors (Lipinski definition) is 6. The molecule has 0 radical (unpaired) electrons. The zero-order chi connectivity index (χ0) is 22.7. The number of nitrogens with one attached hydrogen (secondary N) is 1. The lowest BCUT2D eigenvalue weighted by molar-refractivity contribution is -0.169. The molecule has 5 rings (SSSR count). The first-order chi connectivity index (χ1) is 16.1. The van der Waals surface area contributed by atoms with E-state index in [4.69, 9.17) is 19.2 Å². The third-order valence-electron chi connectivity index (χ3n) is 6.30. The molecule has 2 saturated heterocycles. The molecule has 2 fully saturated rings. The number of nitrogens with zero attached hydrogens (tertiary/aromatic N) is 2. The molecule has 0 saturated carbocycles. The van der Waals surface area contributed by atoms with Gasteiger partial charge in [0.1, 0.15) is 17.1 Å². The van der Waals surface area contributed by atoms with Crippen LogP contribution < -0.4 is 15.0 Å². The highest BCUT2D eigenvalue weighted by molar-refractivity contribution is 5.86. The Morgan fingerprint density at radius 3 is 2.58 bits per heavy atom. The first-order valence-electron chi connectivity index (χ1n) is 11.5. The Morgan fingerprint density at radius 1 is 1.06 bits per heavy atom. The fourth-order valence-corrected chi connectivity index (χ4v) is 4.37. The van der Waals surface area contributed by atoms with Crippen LogP contribution in [0.1, 0.15) is 24.0 Å². The number of piperidine rings is 1. The molecule has 2 aliphatic rings. The van der Waals surface area contributed by atoms with Crippen molar-refractivity contribution < 1.29 is 19.0 Å². The molecule has 2 aliphatic heterocycles. The first kappa shape index (κ1) is 21.7. The minimum absolute atomic E-state index is 0.0577. The Labute approximate surface area is 193 Å². The van der Waals surface area contributed by atoms with E-state index in [0.29, 0.717) is 25.5 Å². The number of carbonyl (C=O) groups excluding carboxylic acids is 1. The number of fused-ring (bicyclic) bond motifs is 1. The number of hydrogen-bond donors (Lipinski definition) is 1. The Kier molecular flexibility index (Phi) is 6.15. The molecule has 1 amide bonds. The van der Waals surface area contributed by atoms with E-state index < -0.39 is 5.79 Å². The van der Waals surface area contributed by atoms with E-state index in [1.54, 1.807) is 0 Å². The van der Waals surface area contributed by atoms with Crippen LogP contribution in [0.15, 0.2) is 54.6 Å². The quantitative estimate of drug-likeness (QED) is 0.623. The fourth-order valence-electron chi connectivity index (χ4n) is 4.37. The molecule has 33 heavy (non-hydrogen) atoms. The maximum Gasteiger partial charge on any atom is 0.258 e. The maximum absolute atomic E-state index is 12.3. The monoisotopic (exact) mass is 447 g/mol. The minimum Gasteiger partial charge on any atom is -0.481 e. The average Bonchev–Trinajstić information content (AvgIpc) is 3.30. The Morgan fingerprint density at radius 2 is 1.82 bits per heavy atom. The lowest BCUT2D eigenvalue weighted by Gasteiger charge is -2.38. The molecule has 7 heteroatoms. The number of rotatable bonds is 6. The van der Waals surface area contributed by atoms with Crippen molar-refractivity contribution in [3.63, 3.8) is 0 Å². The van der Waals surface area contributed by atoms with Crippen molar-refractivity contribution in [2.75, 3.05) is 37.8 Å². The zero-order valence-electron chi connectivity index (χ0n) is 18.9. The van der Waals surface area contributed by atoms with Gasteiger partial charge in [-0.25, -0.2) is 4.98 Å². The highest BCUT2D eigenvalue weighted by Gasteiger charge is 2.40. The summed E-state index contributed by atoms with van der Waals surface area (Å²) < 4.78 is 17.5. The molecule has 0 unspecified atom stereocenters. The van der Waals surface area contributed by atoms with Gasteiger partial charge in [-0.05, 0) is 30.7 Å². The zero-order valence-corrected chi connectivity index (χ0v) is 18.9. The molecule has 0 aliphatic carbocycles. The highest BCUT2D eigenvalue weighted by Crippen LogP contribution is 2.34. The summed E-state index contributed by atoms with van der Waals surface area (Å²) in [5, 5.41) is 3.89. The van der Waals surface area contributed by atoms with Crippen molar-refractivity contribution in [1.82, 2.24) is 10.3 Å². The van der Waals surface area contributed by atoms with Crippen LogP contribution in [0.4, 0.5) is 5.82 Å². The normalized spacial score (nSPS) is 17.4. The summed E-state index contributed by atoms with van der Waals surface area (Å²) in [5.41, 5.74) is 3.01. The second-order valence-electron chi connectivity index (χ2n) is 8.64. The van der Waals surface area contributed by atoms with Gasteiger partial charge in [-0.15, -0.1) is 0 Å². The summed E-state index contributed by atoms with van der Waals surface area (Å²) in [5.74, 6) is 0.931. The Hall–Kier alpha value is -3.16. The van der Waals surface area contributed by atoms with Gasteiger partial charge in [-0.1, -0.05) is 42.0 Å². The molecule has 0 bridgehead atoms. The van der Waals surface area contributed by atoms with Gasteiger partial charge in [-0.3, -0.25) is 4.79 Å². The van der Waals surface area contributed by atoms with Crippen LogP contribution in [0.25, 0.3) is 10.9 Å². The number of ether oxygens (including phenoxy) is 3. The second kappa shape index (κ2) is 9.37. The van der Waals surface area contributed by atoms with Crippen molar-refractivity contribution in [3.8, 4) is 5.75 Å². The van der Waals surface area contributed by atoms with E-state index in [9.17, 15) is 4.79 Å². The Bertz CT molecular complexity index is 1120. The first-order valence-corrected chi connectivity index (χ1v) is 11.5. The molecule has 0 atom stereocenters. The van der Waals surface area contributed by atoms with Crippen molar-refractivity contribution in [3.05, 3.63) is 65.7 Å². The molecular weight excluding hydrogens is 418 g/mol. The number of carbonyl (C=O) groups is 1. The van der Waals surface area contributed by atoms with E-state index in [1.165, 1.54) is 5.56 Å². The van der Waals surface area contributed by atoms with Crippen LogP contribution in [0.2, 0.25) is 0 Å². The number of amides is 1. The van der Waals surface area contributed by atoms with Crippen LogP contribution in [-0.4, -0.2) is 49.6 Å². The van der Waals surface area contributed by atoms with Crippen LogP contribution in [0.3, 0.4) is 0 Å². The van der Waals surface area contributed by atoms with Crippen LogP contribution in [-0.2, 0) is 20.8 Å². The van der Waals surface area contributed by atoms with E-state index in [2.05, 4.69) is 16.3 Å². The number of para-hydroxylation sites is 1. The third kappa shape index (κ3) is 4.94. The summed E-state index contributed by atoms with van der Waals surface area (Å²) in [7, 11) is 0. The lowest BCUT2D eigenvalue weighted by Crippen LogP contribution is -2.45. The van der Waals surface area contributed by atoms with Gasteiger partial charge in [0.05, 0.1) is 13.2 Å². The number of benzene rings is 2. The Balaban J connectivity index is 1.23. The van der Waals surface area contributed by atoms with Crippen molar-refractivity contribution in [2.24, 2.45) is 0 Å². The number of anilines is 1. The van der Waals surface area contributed by atoms with E-state index in [0.717, 1.165) is 48.2 Å². The highest BCUT2D eigenvalue weighted by atomic mass is 16.7. The number of aromatic nitrogens is 1. The smallest absolute Gasteiger partial charge is 0.258 e. The lowest BCUT2D eigenvalue weighted by atomic mass is 10.0. The molecule has 1 N–H and O–H groups in total. The molecule has 172 valence electrons. The molecular formula is C26H29N3O4. The molecule has 1 aromatic heterocycles. The van der Waals surface area contributed by atoms with E-state index in [-0.39, 0.29) is 12.5 Å². The standard InChI is InChI=1S/C26H29N3O4/c1-19-5-7-20(8-6-19)17-27-24(30)18-31-22-4-2-3-21-9-10-23(28-25(21)22)29-13-11-26(12-14-29)32-15-16-33-26/h2-10H,11-18H2,1H3,(H,27,30). The van der Waals surface area contributed by atoms with Crippen molar-refractivity contribution in [1.29, 1.82) is 0 Å². The van der Waals surface area contributed by atoms with Crippen molar-refractivity contribution >= 4 is 22.6 Å². The predicted molar refractivity (Wildman–Crippen MR) is 126 cm³/mol. The summed E-state index contributed by atoms with van der Waals surface area (Å²) in [6.07, 6.45) is 1.65. The molecule has 3 heterocycles. The van der Waals surface area contributed by atoms with E-state index in [1.807, 2.05) is 55.5 Å². The second-order valence-corrected chi connectivity index (χ2v) is 8.64. The van der Waals surface area contributed by atoms with E-state index >= 15 is 0 Å². The van der Waals surface area contributed by atoms with Gasteiger partial charge in [0, 0.05) is 37.9 Å². The van der Waals surface area contributed by atoms with Gasteiger partial charge in [0.15, 0.2) is 12.4 Å².